The van der Waals surface area contributed by atoms with E-state index < -0.39 is 6.10 Å². The zero-order valence-electron chi connectivity index (χ0n) is 19.4. The van der Waals surface area contributed by atoms with E-state index in [9.17, 15) is 14.3 Å². The lowest BCUT2D eigenvalue weighted by atomic mass is 10.1. The van der Waals surface area contributed by atoms with Gasteiger partial charge in [-0.3, -0.25) is 4.79 Å². The molecule has 0 fully saturated rings. The van der Waals surface area contributed by atoms with Crippen LogP contribution in [0.1, 0.15) is 27.6 Å². The van der Waals surface area contributed by atoms with Gasteiger partial charge in [0.25, 0.3) is 5.91 Å². The van der Waals surface area contributed by atoms with E-state index in [1.807, 2.05) is 48.5 Å². The smallest absolute Gasteiger partial charge is 0.257 e. The Balaban J connectivity index is 1.52. The number of aliphatic hydroxyl groups is 1. The first-order valence-electron chi connectivity index (χ1n) is 11.4. The number of likely N-dealkylation sites (N-methyl/N-ethyl adjacent to an activating group) is 1. The van der Waals surface area contributed by atoms with Gasteiger partial charge in [0, 0.05) is 25.4 Å². The summed E-state index contributed by atoms with van der Waals surface area (Å²) in [5, 5.41) is 13.8. The van der Waals surface area contributed by atoms with Crippen LogP contribution >= 0.6 is 0 Å². The van der Waals surface area contributed by atoms with Crippen molar-refractivity contribution >= 4 is 11.9 Å². The molecule has 1 heterocycles. The minimum atomic E-state index is -0.954. The Morgan fingerprint density at radius 3 is 2.34 bits per heavy atom. The fraction of sp³-hybridized carbons (Fsp3) is 0.179. The molecule has 0 aliphatic heterocycles. The molecule has 0 saturated heterocycles. The van der Waals surface area contributed by atoms with Crippen LogP contribution in [-0.4, -0.2) is 46.0 Å². The zero-order chi connectivity index (χ0) is 24.6. The lowest BCUT2D eigenvalue weighted by molar-refractivity contribution is 0.0681. The van der Waals surface area contributed by atoms with Gasteiger partial charge in [-0.2, -0.15) is 0 Å². The summed E-state index contributed by atoms with van der Waals surface area (Å²) in [6.07, 6.45) is 1.38. The number of hydrogen-bond acceptors (Lipinski definition) is 5. The van der Waals surface area contributed by atoms with Crippen molar-refractivity contribution in [1.82, 2.24) is 14.9 Å². The molecule has 1 amide bonds. The van der Waals surface area contributed by atoms with Crippen LogP contribution in [0.15, 0.2) is 91.1 Å². The molecule has 2 N–H and O–H groups in total. The first kappa shape index (κ1) is 24.0. The number of anilines is 1. The molecule has 0 saturated carbocycles. The van der Waals surface area contributed by atoms with Gasteiger partial charge in [0.1, 0.15) is 5.82 Å². The number of carbonyl (C=O) groups is 1. The van der Waals surface area contributed by atoms with Gasteiger partial charge in [-0.05, 0) is 29.7 Å². The third-order valence-electron chi connectivity index (χ3n) is 5.65. The van der Waals surface area contributed by atoms with Crippen molar-refractivity contribution in [3.8, 4) is 11.3 Å². The van der Waals surface area contributed by atoms with Crippen molar-refractivity contribution in [2.24, 2.45) is 0 Å². The third-order valence-corrected chi connectivity index (χ3v) is 5.65. The summed E-state index contributed by atoms with van der Waals surface area (Å²) in [6, 6.07) is 25.1. The summed E-state index contributed by atoms with van der Waals surface area (Å²) in [5.41, 5.74) is 3.37. The van der Waals surface area contributed by atoms with Gasteiger partial charge >= 0.3 is 0 Å². The minimum Gasteiger partial charge on any atom is -0.387 e. The Labute approximate surface area is 204 Å². The molecule has 1 aromatic heterocycles. The number of carbonyl (C=O) groups excluding carboxylic acids is 1. The molecule has 1 atom stereocenters. The molecule has 4 rings (SSSR count). The average Bonchev–Trinajstić information content (AvgIpc) is 2.89. The Morgan fingerprint density at radius 1 is 1.00 bits per heavy atom. The molecule has 7 heteroatoms. The summed E-state index contributed by atoms with van der Waals surface area (Å²) in [5.74, 6) is -0.265. The van der Waals surface area contributed by atoms with E-state index in [0.717, 1.165) is 12.0 Å². The van der Waals surface area contributed by atoms with Gasteiger partial charge in [-0.15, -0.1) is 0 Å². The van der Waals surface area contributed by atoms with Crippen LogP contribution in [0, 0.1) is 5.82 Å². The number of amides is 1. The number of hydrogen-bond donors (Lipinski definition) is 2. The maximum atomic E-state index is 13.3. The third kappa shape index (κ3) is 6.28. The standard InChI is InChI=1S/C28H27FN4O2/c1-33(19-25(34)21-12-14-23(29)15-13-21)27(35)24-18-31-28(30-17-16-20-8-4-2-5-9-20)32-26(24)22-10-6-3-7-11-22/h2-15,18,25,34H,16-17,19H2,1H3,(H,30,31,32). The van der Waals surface area contributed by atoms with Crippen LogP contribution in [0.3, 0.4) is 0 Å². The molecule has 35 heavy (non-hydrogen) atoms. The predicted molar refractivity (Wildman–Crippen MR) is 134 cm³/mol. The molecule has 1 unspecified atom stereocenters. The van der Waals surface area contributed by atoms with Crippen molar-refractivity contribution in [2.75, 3.05) is 25.5 Å². The number of halogens is 1. The largest absolute Gasteiger partial charge is 0.387 e. The van der Waals surface area contributed by atoms with Crippen molar-refractivity contribution in [3.05, 3.63) is 114 Å². The lowest BCUT2D eigenvalue weighted by Gasteiger charge is -2.22. The molecule has 0 aliphatic carbocycles. The lowest BCUT2D eigenvalue weighted by Crippen LogP contribution is -2.32. The molecule has 0 spiro atoms. The SMILES string of the molecule is CN(CC(O)c1ccc(F)cc1)C(=O)c1cnc(NCCc2ccccc2)nc1-c1ccccc1. The van der Waals surface area contributed by atoms with Gasteiger partial charge in [0.15, 0.2) is 0 Å². The second kappa shape index (κ2) is 11.4. The highest BCUT2D eigenvalue weighted by molar-refractivity contribution is 5.99. The van der Waals surface area contributed by atoms with Gasteiger partial charge in [0.05, 0.1) is 23.9 Å². The number of nitrogens with one attached hydrogen (secondary N) is 1. The number of nitrogens with zero attached hydrogens (tertiary/aromatic N) is 3. The van der Waals surface area contributed by atoms with Crippen LogP contribution in [-0.2, 0) is 6.42 Å². The zero-order valence-corrected chi connectivity index (χ0v) is 19.4. The van der Waals surface area contributed by atoms with E-state index in [2.05, 4.69) is 27.4 Å². The van der Waals surface area contributed by atoms with E-state index in [1.165, 1.54) is 40.9 Å². The summed E-state index contributed by atoms with van der Waals surface area (Å²) in [7, 11) is 1.61. The fourth-order valence-electron chi connectivity index (χ4n) is 3.74. The second-order valence-electron chi connectivity index (χ2n) is 8.24. The molecule has 6 nitrogen and oxygen atoms in total. The van der Waals surface area contributed by atoms with Crippen molar-refractivity contribution in [2.45, 2.75) is 12.5 Å². The van der Waals surface area contributed by atoms with E-state index in [1.54, 1.807) is 7.05 Å². The van der Waals surface area contributed by atoms with Gasteiger partial charge < -0.3 is 15.3 Å². The maximum Gasteiger partial charge on any atom is 0.257 e. The van der Waals surface area contributed by atoms with Crippen LogP contribution < -0.4 is 5.32 Å². The highest BCUT2D eigenvalue weighted by Gasteiger charge is 2.22. The summed E-state index contributed by atoms with van der Waals surface area (Å²) >= 11 is 0. The van der Waals surface area contributed by atoms with Crippen molar-refractivity contribution < 1.29 is 14.3 Å². The van der Waals surface area contributed by atoms with Gasteiger partial charge in [-0.1, -0.05) is 72.8 Å². The van der Waals surface area contributed by atoms with Crippen molar-refractivity contribution in [3.63, 3.8) is 0 Å². The van der Waals surface area contributed by atoms with Crippen molar-refractivity contribution in [1.29, 1.82) is 0 Å². The summed E-state index contributed by atoms with van der Waals surface area (Å²) in [4.78, 5) is 23.8. The Bertz CT molecular complexity index is 1250. The molecule has 0 aliphatic rings. The normalized spacial score (nSPS) is 11.6. The monoisotopic (exact) mass is 470 g/mol. The molecule has 0 bridgehead atoms. The molecular weight excluding hydrogens is 443 g/mol. The topological polar surface area (TPSA) is 78.3 Å². The van der Waals surface area contributed by atoms with E-state index >= 15 is 0 Å². The highest BCUT2D eigenvalue weighted by atomic mass is 19.1. The molecule has 4 aromatic rings. The maximum absolute atomic E-state index is 13.3. The predicted octanol–water partition coefficient (Wildman–Crippen LogP) is 4.74. The van der Waals surface area contributed by atoms with Crippen LogP contribution in [0.4, 0.5) is 10.3 Å². The first-order chi connectivity index (χ1) is 17.0. The fourth-order valence-corrected chi connectivity index (χ4v) is 3.74. The number of rotatable bonds is 9. The van der Waals surface area contributed by atoms with Gasteiger partial charge in [0.2, 0.25) is 5.95 Å². The molecule has 3 aromatic carbocycles. The molecule has 0 radical (unpaired) electrons. The van der Waals surface area contributed by atoms with E-state index in [-0.39, 0.29) is 18.3 Å². The van der Waals surface area contributed by atoms with Crippen LogP contribution in [0.5, 0.6) is 0 Å². The van der Waals surface area contributed by atoms with Crippen LogP contribution in [0.2, 0.25) is 0 Å². The highest BCUT2D eigenvalue weighted by Crippen LogP contribution is 2.24. The van der Waals surface area contributed by atoms with E-state index in [0.29, 0.717) is 29.3 Å². The number of aliphatic hydroxyl groups excluding tert-OH is 1. The van der Waals surface area contributed by atoms with E-state index in [4.69, 9.17) is 0 Å². The first-order valence-corrected chi connectivity index (χ1v) is 11.4. The van der Waals surface area contributed by atoms with Gasteiger partial charge in [-0.25, -0.2) is 14.4 Å². The Kier molecular flexibility index (Phi) is 7.80. The summed E-state index contributed by atoms with van der Waals surface area (Å²) < 4.78 is 13.2. The van der Waals surface area contributed by atoms with Crippen LogP contribution in [0.25, 0.3) is 11.3 Å². The Morgan fingerprint density at radius 2 is 1.66 bits per heavy atom. The quantitative estimate of drug-likeness (QED) is 0.369. The number of benzene rings is 3. The second-order valence-corrected chi connectivity index (χ2v) is 8.24. The molecular formula is C28H27FN4O2. The minimum absolute atomic E-state index is 0.0375. The summed E-state index contributed by atoms with van der Waals surface area (Å²) in [6.45, 7) is 0.686. The molecule has 178 valence electrons. The Hall–Kier alpha value is -4.10. The average molecular weight is 471 g/mol. The number of aromatic nitrogens is 2.